The summed E-state index contributed by atoms with van der Waals surface area (Å²) in [5, 5.41) is 11.3. The monoisotopic (exact) mass is 270 g/mol. The zero-order chi connectivity index (χ0) is 14.1. The highest BCUT2D eigenvalue weighted by molar-refractivity contribution is 5.94. The number of aliphatic carboxylic acids is 1. The molecule has 0 spiro atoms. The Balaban J connectivity index is 1.96. The second-order valence-electron chi connectivity index (χ2n) is 4.72. The molecule has 1 aromatic heterocycles. The highest BCUT2D eigenvalue weighted by Gasteiger charge is 2.32. The molecule has 1 amide bonds. The molecule has 5 heteroatoms. The molecule has 102 valence electrons. The van der Waals surface area contributed by atoms with E-state index in [4.69, 9.17) is 4.42 Å². The van der Waals surface area contributed by atoms with Crippen LogP contribution < -0.4 is 5.11 Å². The van der Waals surface area contributed by atoms with E-state index in [0.29, 0.717) is 0 Å². The third-order valence-electron chi connectivity index (χ3n) is 3.51. The number of carboxylic acid groups (broad SMARTS) is 1. The van der Waals surface area contributed by atoms with Gasteiger partial charge in [-0.05, 0) is 29.7 Å². The molecule has 0 unspecified atom stereocenters. The number of hydrogen-bond donors (Lipinski definition) is 0. The van der Waals surface area contributed by atoms with Crippen LogP contribution in [0.1, 0.15) is 21.7 Å². The van der Waals surface area contributed by atoms with Gasteiger partial charge in [0, 0.05) is 6.54 Å². The van der Waals surface area contributed by atoms with Crippen molar-refractivity contribution < 1.29 is 19.1 Å². The van der Waals surface area contributed by atoms with Crippen LogP contribution >= 0.6 is 0 Å². The largest absolute Gasteiger partial charge is 0.548 e. The summed E-state index contributed by atoms with van der Waals surface area (Å²) in [5.74, 6) is -1.55. The number of carbonyl (C=O) groups is 2. The van der Waals surface area contributed by atoms with E-state index in [1.54, 1.807) is 6.07 Å². The fraction of sp³-hybridized carbons (Fsp3) is 0.200. The fourth-order valence-electron chi connectivity index (χ4n) is 2.49. The molecule has 1 aliphatic rings. The molecule has 3 rings (SSSR count). The van der Waals surface area contributed by atoms with E-state index in [2.05, 4.69) is 0 Å². The first-order valence-electron chi connectivity index (χ1n) is 6.29. The van der Waals surface area contributed by atoms with E-state index in [0.717, 1.165) is 11.1 Å². The molecule has 5 nitrogen and oxygen atoms in total. The lowest BCUT2D eigenvalue weighted by Crippen LogP contribution is -2.53. The highest BCUT2D eigenvalue weighted by Crippen LogP contribution is 2.24. The van der Waals surface area contributed by atoms with Crippen molar-refractivity contribution in [3.63, 3.8) is 0 Å². The number of rotatable bonds is 2. The maximum atomic E-state index is 12.3. The Kier molecular flexibility index (Phi) is 3.02. The van der Waals surface area contributed by atoms with E-state index in [-0.39, 0.29) is 18.7 Å². The van der Waals surface area contributed by atoms with Crippen LogP contribution in [0.5, 0.6) is 0 Å². The van der Waals surface area contributed by atoms with Gasteiger partial charge in [-0.15, -0.1) is 0 Å². The minimum Gasteiger partial charge on any atom is -0.548 e. The molecule has 1 aromatic carbocycles. The summed E-state index contributed by atoms with van der Waals surface area (Å²) in [7, 11) is 0. The van der Waals surface area contributed by atoms with E-state index in [9.17, 15) is 14.7 Å². The molecular weight excluding hydrogens is 258 g/mol. The summed E-state index contributed by atoms with van der Waals surface area (Å²) in [6.45, 7) is 0.244. The SMILES string of the molecule is O=C([O-])[C@H]1Cc2ccccc2CN1C(=O)c1ccco1. The summed E-state index contributed by atoms with van der Waals surface area (Å²) in [6, 6.07) is 9.64. The molecule has 1 aliphatic heterocycles. The number of furan rings is 1. The Labute approximate surface area is 115 Å². The van der Waals surface area contributed by atoms with Crippen molar-refractivity contribution in [3.05, 3.63) is 59.5 Å². The van der Waals surface area contributed by atoms with Gasteiger partial charge in [0.05, 0.1) is 18.3 Å². The predicted molar refractivity (Wildman–Crippen MR) is 67.5 cm³/mol. The van der Waals surface area contributed by atoms with Crippen molar-refractivity contribution in [2.24, 2.45) is 0 Å². The first kappa shape index (κ1) is 12.5. The summed E-state index contributed by atoms with van der Waals surface area (Å²) < 4.78 is 5.06. The quantitative estimate of drug-likeness (QED) is 0.800. The average Bonchev–Trinajstić information content (AvgIpc) is 2.99. The molecule has 0 fully saturated rings. The molecule has 0 saturated carbocycles. The Hall–Kier alpha value is -2.56. The molecule has 0 aliphatic carbocycles. The third-order valence-corrected chi connectivity index (χ3v) is 3.51. The van der Waals surface area contributed by atoms with Crippen LogP contribution in [0.25, 0.3) is 0 Å². The molecular formula is C15H12NO4-. The van der Waals surface area contributed by atoms with Gasteiger partial charge < -0.3 is 19.2 Å². The van der Waals surface area contributed by atoms with Crippen LogP contribution in [0.3, 0.4) is 0 Å². The van der Waals surface area contributed by atoms with Crippen LogP contribution in [0, 0.1) is 0 Å². The van der Waals surface area contributed by atoms with Crippen LogP contribution in [-0.4, -0.2) is 22.8 Å². The summed E-state index contributed by atoms with van der Waals surface area (Å²) in [6.07, 6.45) is 1.64. The smallest absolute Gasteiger partial charge is 0.290 e. The van der Waals surface area contributed by atoms with Crippen molar-refractivity contribution in [1.82, 2.24) is 4.90 Å². The molecule has 0 N–H and O–H groups in total. The Morgan fingerprint density at radius 2 is 1.90 bits per heavy atom. The Bertz CT molecular complexity index is 648. The van der Waals surface area contributed by atoms with Crippen LogP contribution in [0.4, 0.5) is 0 Å². The van der Waals surface area contributed by atoms with Gasteiger partial charge in [0.25, 0.3) is 5.91 Å². The van der Waals surface area contributed by atoms with Gasteiger partial charge >= 0.3 is 0 Å². The summed E-state index contributed by atoms with van der Waals surface area (Å²) >= 11 is 0. The lowest BCUT2D eigenvalue weighted by molar-refractivity contribution is -0.311. The van der Waals surface area contributed by atoms with Gasteiger partial charge in [-0.2, -0.15) is 0 Å². The van der Waals surface area contributed by atoms with Crippen molar-refractivity contribution in [3.8, 4) is 0 Å². The van der Waals surface area contributed by atoms with Gasteiger partial charge in [0.2, 0.25) is 0 Å². The fourth-order valence-corrected chi connectivity index (χ4v) is 2.49. The number of carbonyl (C=O) groups excluding carboxylic acids is 2. The zero-order valence-corrected chi connectivity index (χ0v) is 10.6. The van der Waals surface area contributed by atoms with Crippen molar-refractivity contribution in [1.29, 1.82) is 0 Å². The standard InChI is InChI=1S/C15H13NO4/c17-14(13-6-3-7-20-13)16-9-11-5-2-1-4-10(11)8-12(16)15(18)19/h1-7,12H,8-9H2,(H,18,19)/p-1/t12-/m1/s1. The Morgan fingerprint density at radius 1 is 1.15 bits per heavy atom. The van der Waals surface area contributed by atoms with Crippen molar-refractivity contribution in [2.45, 2.75) is 19.0 Å². The van der Waals surface area contributed by atoms with E-state index >= 15 is 0 Å². The zero-order valence-electron chi connectivity index (χ0n) is 10.6. The second kappa shape index (κ2) is 4.85. The second-order valence-corrected chi connectivity index (χ2v) is 4.72. The summed E-state index contributed by atoms with van der Waals surface area (Å²) in [4.78, 5) is 24.9. The van der Waals surface area contributed by atoms with Crippen LogP contribution in [-0.2, 0) is 17.8 Å². The normalized spacial score (nSPS) is 17.6. The van der Waals surface area contributed by atoms with Gasteiger partial charge in [-0.1, -0.05) is 24.3 Å². The van der Waals surface area contributed by atoms with E-state index in [1.807, 2.05) is 24.3 Å². The minimum absolute atomic E-state index is 0.135. The lowest BCUT2D eigenvalue weighted by Gasteiger charge is -2.36. The van der Waals surface area contributed by atoms with Crippen LogP contribution in [0.2, 0.25) is 0 Å². The number of hydrogen-bond acceptors (Lipinski definition) is 4. The summed E-state index contributed by atoms with van der Waals surface area (Å²) in [5.41, 5.74) is 1.88. The van der Waals surface area contributed by atoms with E-state index in [1.165, 1.54) is 17.2 Å². The molecule has 0 radical (unpaired) electrons. The van der Waals surface area contributed by atoms with Gasteiger partial charge in [0.1, 0.15) is 0 Å². The predicted octanol–water partition coefficient (Wildman–Crippen LogP) is 0.597. The van der Waals surface area contributed by atoms with Gasteiger partial charge in [0.15, 0.2) is 5.76 Å². The molecule has 20 heavy (non-hydrogen) atoms. The maximum absolute atomic E-state index is 12.3. The third kappa shape index (κ3) is 2.07. The topological polar surface area (TPSA) is 73.6 Å². The molecule has 0 bridgehead atoms. The molecule has 1 atom stereocenters. The highest BCUT2D eigenvalue weighted by atomic mass is 16.4. The number of amides is 1. The number of benzene rings is 1. The number of fused-ring (bicyclic) bond motifs is 1. The molecule has 0 saturated heterocycles. The molecule has 2 aromatic rings. The van der Waals surface area contributed by atoms with Crippen LogP contribution in [0.15, 0.2) is 47.1 Å². The van der Waals surface area contributed by atoms with Crippen molar-refractivity contribution in [2.75, 3.05) is 0 Å². The number of carboxylic acids is 1. The first-order valence-corrected chi connectivity index (χ1v) is 6.29. The first-order chi connectivity index (χ1) is 9.66. The maximum Gasteiger partial charge on any atom is 0.290 e. The molecule has 2 heterocycles. The lowest BCUT2D eigenvalue weighted by atomic mass is 9.94. The van der Waals surface area contributed by atoms with Gasteiger partial charge in [-0.3, -0.25) is 4.79 Å². The van der Waals surface area contributed by atoms with Crippen molar-refractivity contribution >= 4 is 11.9 Å². The minimum atomic E-state index is -1.25. The average molecular weight is 270 g/mol. The Morgan fingerprint density at radius 3 is 2.55 bits per heavy atom. The van der Waals surface area contributed by atoms with E-state index < -0.39 is 17.9 Å². The number of nitrogens with zero attached hydrogens (tertiary/aromatic N) is 1. The van der Waals surface area contributed by atoms with Gasteiger partial charge in [-0.25, -0.2) is 0 Å².